The molecule has 4 rings (SSSR count). The van der Waals surface area contributed by atoms with E-state index in [1.807, 2.05) is 38.4 Å². The van der Waals surface area contributed by atoms with Gasteiger partial charge in [-0.1, -0.05) is 6.92 Å². The van der Waals surface area contributed by atoms with Crippen molar-refractivity contribution in [2.45, 2.75) is 38.7 Å². The average molecular weight is 384 g/mol. The standard InChI is InChI=1S/C20H28N6O2/c1-3-15-13-18(24(2)23-15)22-20(27)26-12-8-16(14-26)28-17-7-6-9-21-19(17)25-10-4-5-11-25/h6-7,9,13,16H,3-5,8,10-12,14H2,1-2H3,(H,22,27). The van der Waals surface area contributed by atoms with Crippen molar-refractivity contribution in [3.05, 3.63) is 30.1 Å². The number of anilines is 2. The molecule has 2 aromatic heterocycles. The second-order valence-electron chi connectivity index (χ2n) is 7.42. The zero-order chi connectivity index (χ0) is 19.5. The van der Waals surface area contributed by atoms with Crippen LogP contribution in [-0.4, -0.2) is 58.0 Å². The van der Waals surface area contributed by atoms with E-state index in [2.05, 4.69) is 20.3 Å². The first-order valence-corrected chi connectivity index (χ1v) is 10.1. The molecule has 0 saturated carbocycles. The topological polar surface area (TPSA) is 75.5 Å². The van der Waals surface area contributed by atoms with Crippen LogP contribution in [-0.2, 0) is 13.5 Å². The molecule has 0 spiro atoms. The van der Waals surface area contributed by atoms with Gasteiger partial charge in [0.25, 0.3) is 0 Å². The lowest BCUT2D eigenvalue weighted by molar-refractivity contribution is 0.194. The fourth-order valence-corrected chi connectivity index (χ4v) is 3.83. The highest BCUT2D eigenvalue weighted by Crippen LogP contribution is 2.30. The minimum atomic E-state index is -0.109. The van der Waals surface area contributed by atoms with Gasteiger partial charge in [0, 0.05) is 45.4 Å². The maximum absolute atomic E-state index is 12.6. The van der Waals surface area contributed by atoms with Crippen LogP contribution in [0.15, 0.2) is 24.4 Å². The van der Waals surface area contributed by atoms with Crippen LogP contribution >= 0.6 is 0 Å². The molecule has 8 nitrogen and oxygen atoms in total. The van der Waals surface area contributed by atoms with Gasteiger partial charge in [-0.15, -0.1) is 0 Å². The number of nitrogens with one attached hydrogen (secondary N) is 1. The van der Waals surface area contributed by atoms with Crippen LogP contribution in [0.5, 0.6) is 5.75 Å². The maximum Gasteiger partial charge on any atom is 0.323 e. The number of ether oxygens (including phenoxy) is 1. The van der Waals surface area contributed by atoms with E-state index < -0.39 is 0 Å². The van der Waals surface area contributed by atoms with Crippen molar-refractivity contribution in [3.63, 3.8) is 0 Å². The summed E-state index contributed by atoms with van der Waals surface area (Å²) in [5.74, 6) is 2.45. The molecular formula is C20H28N6O2. The third kappa shape index (κ3) is 3.90. The van der Waals surface area contributed by atoms with Crippen molar-refractivity contribution >= 4 is 17.7 Å². The fraction of sp³-hybridized carbons (Fsp3) is 0.550. The quantitative estimate of drug-likeness (QED) is 0.858. The van der Waals surface area contributed by atoms with E-state index in [0.717, 1.165) is 49.0 Å². The molecule has 2 aliphatic rings. The lowest BCUT2D eigenvalue weighted by Crippen LogP contribution is -2.35. The number of carbonyl (C=O) groups is 1. The Balaban J connectivity index is 1.37. The van der Waals surface area contributed by atoms with Crippen LogP contribution in [0.25, 0.3) is 0 Å². The summed E-state index contributed by atoms with van der Waals surface area (Å²) in [6, 6.07) is 5.69. The van der Waals surface area contributed by atoms with Crippen LogP contribution in [0, 0.1) is 0 Å². The van der Waals surface area contributed by atoms with Crippen molar-refractivity contribution in [3.8, 4) is 5.75 Å². The average Bonchev–Trinajstić information content (AvgIpc) is 3.44. The van der Waals surface area contributed by atoms with Gasteiger partial charge in [-0.2, -0.15) is 5.10 Å². The first kappa shape index (κ1) is 18.6. The minimum Gasteiger partial charge on any atom is -0.485 e. The van der Waals surface area contributed by atoms with Crippen molar-refractivity contribution < 1.29 is 9.53 Å². The van der Waals surface area contributed by atoms with Crippen LogP contribution in [0.4, 0.5) is 16.4 Å². The summed E-state index contributed by atoms with van der Waals surface area (Å²) in [5, 5.41) is 7.33. The minimum absolute atomic E-state index is 0.0194. The van der Waals surface area contributed by atoms with Crippen molar-refractivity contribution in [2.24, 2.45) is 7.05 Å². The number of likely N-dealkylation sites (tertiary alicyclic amines) is 1. The van der Waals surface area contributed by atoms with Crippen molar-refractivity contribution in [1.82, 2.24) is 19.7 Å². The van der Waals surface area contributed by atoms with Crippen LogP contribution < -0.4 is 15.0 Å². The Bertz CT molecular complexity index is 830. The molecule has 2 aromatic rings. The molecule has 0 aliphatic carbocycles. The second-order valence-corrected chi connectivity index (χ2v) is 7.42. The lowest BCUT2D eigenvalue weighted by Gasteiger charge is -2.22. The molecule has 0 aromatic carbocycles. The van der Waals surface area contributed by atoms with E-state index in [1.165, 1.54) is 12.8 Å². The highest BCUT2D eigenvalue weighted by Gasteiger charge is 2.29. The van der Waals surface area contributed by atoms with Gasteiger partial charge in [0.2, 0.25) is 0 Å². The predicted octanol–water partition coefficient (Wildman–Crippen LogP) is 2.66. The van der Waals surface area contributed by atoms with Gasteiger partial charge in [-0.25, -0.2) is 9.78 Å². The van der Waals surface area contributed by atoms with E-state index in [4.69, 9.17) is 4.74 Å². The van der Waals surface area contributed by atoms with Crippen molar-refractivity contribution in [1.29, 1.82) is 0 Å². The third-order valence-corrected chi connectivity index (χ3v) is 5.41. The van der Waals surface area contributed by atoms with Gasteiger partial charge >= 0.3 is 6.03 Å². The highest BCUT2D eigenvalue weighted by molar-refractivity contribution is 5.88. The molecule has 2 amide bonds. The summed E-state index contributed by atoms with van der Waals surface area (Å²) in [6.45, 7) is 5.34. The van der Waals surface area contributed by atoms with Gasteiger partial charge in [-0.05, 0) is 31.4 Å². The number of carbonyl (C=O) groups excluding carboxylic acids is 1. The first-order valence-electron chi connectivity index (χ1n) is 10.1. The number of hydrogen-bond acceptors (Lipinski definition) is 5. The summed E-state index contributed by atoms with van der Waals surface area (Å²) in [7, 11) is 1.84. The molecule has 8 heteroatoms. The number of hydrogen-bond donors (Lipinski definition) is 1. The van der Waals surface area contributed by atoms with Gasteiger partial charge in [0.1, 0.15) is 11.9 Å². The van der Waals surface area contributed by atoms with E-state index in [-0.39, 0.29) is 12.1 Å². The summed E-state index contributed by atoms with van der Waals surface area (Å²) in [6.07, 6.45) is 5.84. The van der Waals surface area contributed by atoms with E-state index >= 15 is 0 Å². The molecular weight excluding hydrogens is 356 g/mol. The second kappa shape index (κ2) is 8.08. The molecule has 150 valence electrons. The summed E-state index contributed by atoms with van der Waals surface area (Å²) < 4.78 is 7.96. The van der Waals surface area contributed by atoms with Gasteiger partial charge in [0.15, 0.2) is 11.6 Å². The predicted molar refractivity (Wildman–Crippen MR) is 108 cm³/mol. The molecule has 2 aliphatic heterocycles. The number of aryl methyl sites for hydroxylation is 2. The Morgan fingerprint density at radius 1 is 1.32 bits per heavy atom. The molecule has 4 heterocycles. The zero-order valence-electron chi connectivity index (χ0n) is 16.6. The Morgan fingerprint density at radius 3 is 2.89 bits per heavy atom. The Kier molecular flexibility index (Phi) is 5.36. The number of nitrogens with zero attached hydrogens (tertiary/aromatic N) is 5. The largest absolute Gasteiger partial charge is 0.485 e. The van der Waals surface area contributed by atoms with Crippen LogP contribution in [0.2, 0.25) is 0 Å². The van der Waals surface area contributed by atoms with E-state index in [0.29, 0.717) is 13.1 Å². The number of rotatable bonds is 5. The van der Waals surface area contributed by atoms with Gasteiger partial charge in [0.05, 0.1) is 12.2 Å². The van der Waals surface area contributed by atoms with E-state index in [1.54, 1.807) is 9.58 Å². The van der Waals surface area contributed by atoms with E-state index in [9.17, 15) is 4.79 Å². The van der Waals surface area contributed by atoms with Crippen LogP contribution in [0.1, 0.15) is 31.9 Å². The Morgan fingerprint density at radius 2 is 2.14 bits per heavy atom. The van der Waals surface area contributed by atoms with Crippen LogP contribution in [0.3, 0.4) is 0 Å². The molecule has 28 heavy (non-hydrogen) atoms. The first-order chi connectivity index (χ1) is 13.6. The number of aromatic nitrogens is 3. The summed E-state index contributed by atoms with van der Waals surface area (Å²) >= 11 is 0. The normalized spacial score (nSPS) is 19.3. The summed E-state index contributed by atoms with van der Waals surface area (Å²) in [5.41, 5.74) is 0.964. The SMILES string of the molecule is CCc1cc(NC(=O)N2CCC(Oc3cccnc3N3CCCC3)C2)n(C)n1. The molecule has 2 fully saturated rings. The van der Waals surface area contributed by atoms with Gasteiger partial charge < -0.3 is 14.5 Å². The molecule has 0 radical (unpaired) electrons. The third-order valence-electron chi connectivity index (χ3n) is 5.41. The number of pyridine rings is 1. The van der Waals surface area contributed by atoms with Crippen molar-refractivity contribution in [2.75, 3.05) is 36.4 Å². The molecule has 1 N–H and O–H groups in total. The number of amides is 2. The number of urea groups is 1. The molecule has 1 atom stereocenters. The molecule has 0 bridgehead atoms. The lowest BCUT2D eigenvalue weighted by atomic mass is 10.3. The monoisotopic (exact) mass is 384 g/mol. The highest BCUT2D eigenvalue weighted by atomic mass is 16.5. The smallest absolute Gasteiger partial charge is 0.323 e. The summed E-state index contributed by atoms with van der Waals surface area (Å²) in [4.78, 5) is 21.2. The zero-order valence-corrected chi connectivity index (χ0v) is 16.6. The van der Waals surface area contributed by atoms with Gasteiger partial charge in [-0.3, -0.25) is 10.00 Å². The Hall–Kier alpha value is -2.77. The Labute approximate surface area is 165 Å². The molecule has 2 saturated heterocycles. The maximum atomic E-state index is 12.6. The molecule has 1 unspecified atom stereocenters. The fourth-order valence-electron chi connectivity index (χ4n) is 3.83.